The molecular formula is C20H30N2O4S2. The summed E-state index contributed by atoms with van der Waals surface area (Å²) in [7, 11) is 0. The second-order valence-electron chi connectivity index (χ2n) is 7.28. The third-order valence-corrected chi connectivity index (χ3v) is 6.89. The molecule has 2 rings (SSSR count). The number of amides is 1. The minimum atomic E-state index is -1.02. The number of aromatic carboxylic acids is 1. The maximum Gasteiger partial charge on any atom is 0.355 e. The number of rotatable bonds is 12. The maximum absolute atomic E-state index is 12.2. The van der Waals surface area contributed by atoms with E-state index in [9.17, 15) is 14.7 Å². The molecule has 6 nitrogen and oxygen atoms in total. The number of thiazole rings is 1. The maximum atomic E-state index is 12.2. The van der Waals surface area contributed by atoms with E-state index in [0.29, 0.717) is 29.0 Å². The fourth-order valence-corrected chi connectivity index (χ4v) is 5.13. The first kappa shape index (κ1) is 22.9. The van der Waals surface area contributed by atoms with Crippen LogP contribution in [0, 0.1) is 5.92 Å². The number of likely N-dealkylation sites (tertiary alicyclic amines) is 1. The molecular weight excluding hydrogens is 396 g/mol. The van der Waals surface area contributed by atoms with Crippen molar-refractivity contribution in [2.45, 2.75) is 68.9 Å². The molecule has 0 spiro atoms. The zero-order valence-corrected chi connectivity index (χ0v) is 18.2. The van der Waals surface area contributed by atoms with Gasteiger partial charge in [-0.1, -0.05) is 57.0 Å². The van der Waals surface area contributed by atoms with Crippen LogP contribution in [0.25, 0.3) is 0 Å². The van der Waals surface area contributed by atoms with Gasteiger partial charge in [-0.15, -0.1) is 11.3 Å². The Balaban J connectivity index is 1.80. The Morgan fingerprint density at radius 2 is 2.32 bits per heavy atom. The number of carboxylic acids is 1. The lowest BCUT2D eigenvalue weighted by molar-refractivity contribution is -0.128. The zero-order valence-electron chi connectivity index (χ0n) is 16.5. The quantitative estimate of drug-likeness (QED) is 0.387. The Morgan fingerprint density at radius 3 is 3.00 bits per heavy atom. The van der Waals surface area contributed by atoms with Crippen LogP contribution in [0.2, 0.25) is 0 Å². The highest BCUT2D eigenvalue weighted by molar-refractivity contribution is 8.01. The molecule has 28 heavy (non-hydrogen) atoms. The second kappa shape index (κ2) is 11.6. The van der Waals surface area contributed by atoms with Crippen LogP contribution in [0.1, 0.15) is 62.9 Å². The van der Waals surface area contributed by atoms with Crippen molar-refractivity contribution in [3.05, 3.63) is 23.2 Å². The number of carboxylic acid groups (broad SMARTS) is 1. The lowest BCUT2D eigenvalue weighted by Crippen LogP contribution is -2.33. The molecule has 0 radical (unpaired) electrons. The molecule has 2 N–H and O–H groups in total. The summed E-state index contributed by atoms with van der Waals surface area (Å²) < 4.78 is 0.702. The van der Waals surface area contributed by atoms with Gasteiger partial charge < -0.3 is 15.1 Å². The third kappa shape index (κ3) is 7.22. The van der Waals surface area contributed by atoms with Gasteiger partial charge in [0.15, 0.2) is 10.0 Å². The highest BCUT2D eigenvalue weighted by atomic mass is 32.2. The van der Waals surface area contributed by atoms with Crippen LogP contribution in [-0.2, 0) is 4.79 Å². The predicted octanol–water partition coefficient (Wildman–Crippen LogP) is 4.06. The second-order valence-corrected chi connectivity index (χ2v) is 9.48. The van der Waals surface area contributed by atoms with Crippen molar-refractivity contribution >= 4 is 35.0 Å². The van der Waals surface area contributed by atoms with Gasteiger partial charge in [0.05, 0.1) is 12.1 Å². The van der Waals surface area contributed by atoms with E-state index in [-0.39, 0.29) is 17.6 Å². The Hall–Kier alpha value is -1.38. The SMILES string of the molecule is CCCC[C@H](C)C[C@H](O)/C=C/[C@H]1CCC(=O)N1CCSc1nc(C(=O)O)cs1. The summed E-state index contributed by atoms with van der Waals surface area (Å²) >= 11 is 2.77. The zero-order chi connectivity index (χ0) is 20.5. The first-order valence-corrected chi connectivity index (χ1v) is 11.7. The Morgan fingerprint density at radius 1 is 1.54 bits per heavy atom. The molecule has 1 amide bonds. The smallest absolute Gasteiger partial charge is 0.355 e. The van der Waals surface area contributed by atoms with Gasteiger partial charge in [-0.2, -0.15) is 0 Å². The number of carbonyl (C=O) groups is 2. The minimum absolute atomic E-state index is 0.0274. The summed E-state index contributed by atoms with van der Waals surface area (Å²) in [5.41, 5.74) is 0.0627. The van der Waals surface area contributed by atoms with Crippen LogP contribution in [0.3, 0.4) is 0 Å². The van der Waals surface area contributed by atoms with Gasteiger partial charge in [-0.25, -0.2) is 9.78 Å². The highest BCUT2D eigenvalue weighted by Crippen LogP contribution is 2.25. The van der Waals surface area contributed by atoms with Gasteiger partial charge in [0.2, 0.25) is 5.91 Å². The number of aliphatic hydroxyl groups excluding tert-OH is 1. The molecule has 3 atom stereocenters. The molecule has 1 aromatic rings. The Labute approximate surface area is 175 Å². The largest absolute Gasteiger partial charge is 0.476 e. The summed E-state index contributed by atoms with van der Waals surface area (Å²) in [4.78, 5) is 29.0. The molecule has 1 aliphatic heterocycles. The number of hydrogen-bond acceptors (Lipinski definition) is 6. The summed E-state index contributed by atoms with van der Waals surface area (Å²) in [6.45, 7) is 4.93. The third-order valence-electron chi connectivity index (χ3n) is 4.88. The van der Waals surface area contributed by atoms with E-state index in [2.05, 4.69) is 18.8 Å². The van der Waals surface area contributed by atoms with Crippen molar-refractivity contribution < 1.29 is 19.8 Å². The standard InChI is InChI=1S/C20H30N2O4S2/c1-3-4-5-14(2)12-16(23)8-6-15-7-9-18(24)22(15)10-11-27-20-21-17(13-28-20)19(25)26/h6,8,13-16,23H,3-5,7,9-12H2,1-2H3,(H,25,26)/b8-6+/t14-,15-,16+/m0/s1. The van der Waals surface area contributed by atoms with Crippen molar-refractivity contribution in [1.29, 1.82) is 0 Å². The van der Waals surface area contributed by atoms with Crippen molar-refractivity contribution in [2.75, 3.05) is 12.3 Å². The molecule has 0 unspecified atom stereocenters. The Bertz CT molecular complexity index is 677. The van der Waals surface area contributed by atoms with Gasteiger partial charge in [-0.05, 0) is 18.8 Å². The van der Waals surface area contributed by atoms with E-state index in [0.717, 1.165) is 19.3 Å². The lowest BCUT2D eigenvalue weighted by atomic mass is 9.97. The van der Waals surface area contributed by atoms with Crippen molar-refractivity contribution in [3.8, 4) is 0 Å². The molecule has 8 heteroatoms. The number of thioether (sulfide) groups is 1. The number of aliphatic hydroxyl groups is 1. The number of nitrogens with zero attached hydrogens (tertiary/aromatic N) is 2. The molecule has 1 saturated heterocycles. The molecule has 1 fully saturated rings. The number of unbranched alkanes of at least 4 members (excludes halogenated alkanes) is 1. The highest BCUT2D eigenvalue weighted by Gasteiger charge is 2.28. The summed E-state index contributed by atoms with van der Waals surface area (Å²) in [6, 6.07) is 0.0274. The average molecular weight is 427 g/mol. The Kier molecular flexibility index (Phi) is 9.47. The summed E-state index contributed by atoms with van der Waals surface area (Å²) in [5.74, 6) is 0.266. The van der Waals surface area contributed by atoms with Crippen LogP contribution in [0.15, 0.2) is 21.9 Å². The van der Waals surface area contributed by atoms with E-state index in [4.69, 9.17) is 5.11 Å². The van der Waals surface area contributed by atoms with E-state index in [1.807, 2.05) is 17.1 Å². The fraction of sp³-hybridized carbons (Fsp3) is 0.650. The van der Waals surface area contributed by atoms with Gasteiger partial charge in [0, 0.05) is 24.1 Å². The van der Waals surface area contributed by atoms with E-state index in [1.165, 1.54) is 41.3 Å². The number of carbonyl (C=O) groups excluding carboxylic acids is 1. The first-order valence-electron chi connectivity index (χ1n) is 9.88. The molecule has 0 bridgehead atoms. The van der Waals surface area contributed by atoms with Gasteiger partial charge in [-0.3, -0.25) is 4.79 Å². The van der Waals surface area contributed by atoms with Gasteiger partial charge in [0.25, 0.3) is 0 Å². The van der Waals surface area contributed by atoms with Crippen molar-refractivity contribution in [2.24, 2.45) is 5.92 Å². The normalized spacial score (nSPS) is 19.5. The monoisotopic (exact) mass is 426 g/mol. The summed E-state index contributed by atoms with van der Waals surface area (Å²) in [5, 5.41) is 20.7. The van der Waals surface area contributed by atoms with Crippen LogP contribution in [0.4, 0.5) is 0 Å². The first-order chi connectivity index (χ1) is 13.4. The minimum Gasteiger partial charge on any atom is -0.476 e. The molecule has 0 aromatic carbocycles. The molecule has 0 saturated carbocycles. The van der Waals surface area contributed by atoms with E-state index >= 15 is 0 Å². The molecule has 2 heterocycles. The molecule has 1 aliphatic rings. The van der Waals surface area contributed by atoms with E-state index in [1.54, 1.807) is 0 Å². The van der Waals surface area contributed by atoms with Crippen molar-refractivity contribution in [1.82, 2.24) is 9.88 Å². The van der Waals surface area contributed by atoms with Gasteiger partial charge >= 0.3 is 5.97 Å². The topological polar surface area (TPSA) is 90.7 Å². The fourth-order valence-electron chi connectivity index (χ4n) is 3.32. The van der Waals surface area contributed by atoms with Crippen LogP contribution < -0.4 is 0 Å². The molecule has 156 valence electrons. The van der Waals surface area contributed by atoms with Crippen LogP contribution in [0.5, 0.6) is 0 Å². The van der Waals surface area contributed by atoms with Crippen LogP contribution in [-0.4, -0.2) is 56.4 Å². The average Bonchev–Trinajstić information content (AvgIpc) is 3.26. The predicted molar refractivity (Wildman–Crippen MR) is 113 cm³/mol. The summed E-state index contributed by atoms with van der Waals surface area (Å²) in [6.07, 6.45) is 8.89. The van der Waals surface area contributed by atoms with E-state index < -0.39 is 12.1 Å². The molecule has 1 aromatic heterocycles. The number of aromatic nitrogens is 1. The molecule has 0 aliphatic carbocycles. The van der Waals surface area contributed by atoms with Crippen LogP contribution >= 0.6 is 23.1 Å². The van der Waals surface area contributed by atoms with Gasteiger partial charge in [0.1, 0.15) is 0 Å². The number of hydrogen-bond donors (Lipinski definition) is 2. The lowest BCUT2D eigenvalue weighted by Gasteiger charge is -2.22. The van der Waals surface area contributed by atoms with Crippen molar-refractivity contribution in [3.63, 3.8) is 0 Å².